The highest BCUT2D eigenvalue weighted by Gasteiger charge is 2.09. The number of para-hydroxylation sites is 1. The molecular weight excluding hydrogens is 376 g/mol. The van der Waals surface area contributed by atoms with Crippen LogP contribution in [-0.2, 0) is 17.9 Å². The van der Waals surface area contributed by atoms with E-state index in [1.165, 1.54) is 5.56 Å². The molecule has 0 atom stereocenters. The number of nitrogens with one attached hydrogen (secondary N) is 2. The zero-order valence-corrected chi connectivity index (χ0v) is 18.0. The number of hydrogen-bond donors (Lipinski definition) is 2. The number of morpholine rings is 1. The van der Waals surface area contributed by atoms with Gasteiger partial charge in [0.25, 0.3) is 0 Å². The van der Waals surface area contributed by atoms with Gasteiger partial charge >= 0.3 is 0 Å². The molecule has 1 heterocycles. The molecule has 0 bridgehead atoms. The number of aliphatic imine (C=N–C) groups is 1. The molecule has 3 rings (SSSR count). The van der Waals surface area contributed by atoms with Gasteiger partial charge in [-0.05, 0) is 43.1 Å². The SMILES string of the molecule is CCNC(=NCc1ccccc1COc1ccccc1)NCCCN1CCOCC1. The Morgan fingerprint density at radius 2 is 1.73 bits per heavy atom. The lowest BCUT2D eigenvalue weighted by molar-refractivity contribution is 0.0376. The Balaban J connectivity index is 1.49. The monoisotopic (exact) mass is 410 g/mol. The van der Waals surface area contributed by atoms with Gasteiger partial charge in [-0.1, -0.05) is 42.5 Å². The highest BCUT2D eigenvalue weighted by atomic mass is 16.5. The Labute approximate surface area is 180 Å². The van der Waals surface area contributed by atoms with Crippen LogP contribution in [0.2, 0.25) is 0 Å². The summed E-state index contributed by atoms with van der Waals surface area (Å²) in [7, 11) is 0. The quantitative estimate of drug-likeness (QED) is 0.358. The molecular formula is C24H34N4O2. The first-order valence-corrected chi connectivity index (χ1v) is 10.9. The van der Waals surface area contributed by atoms with Gasteiger partial charge in [-0.3, -0.25) is 4.90 Å². The van der Waals surface area contributed by atoms with E-state index < -0.39 is 0 Å². The van der Waals surface area contributed by atoms with Gasteiger partial charge in [-0.2, -0.15) is 0 Å². The van der Waals surface area contributed by atoms with Crippen LogP contribution in [0.5, 0.6) is 5.75 Å². The molecule has 2 N–H and O–H groups in total. The highest BCUT2D eigenvalue weighted by Crippen LogP contribution is 2.15. The first-order valence-electron chi connectivity index (χ1n) is 10.9. The van der Waals surface area contributed by atoms with Gasteiger partial charge in [-0.15, -0.1) is 0 Å². The Hall–Kier alpha value is -2.57. The van der Waals surface area contributed by atoms with Crippen LogP contribution in [0.25, 0.3) is 0 Å². The minimum atomic E-state index is 0.541. The predicted molar refractivity (Wildman–Crippen MR) is 122 cm³/mol. The zero-order chi connectivity index (χ0) is 20.9. The van der Waals surface area contributed by atoms with Crippen LogP contribution in [-0.4, -0.2) is 56.8 Å². The molecule has 0 unspecified atom stereocenters. The fourth-order valence-electron chi connectivity index (χ4n) is 3.37. The van der Waals surface area contributed by atoms with Crippen LogP contribution in [0, 0.1) is 0 Å². The summed E-state index contributed by atoms with van der Waals surface area (Å²) in [4.78, 5) is 7.25. The highest BCUT2D eigenvalue weighted by molar-refractivity contribution is 5.79. The normalized spacial score (nSPS) is 15.0. The zero-order valence-electron chi connectivity index (χ0n) is 18.0. The largest absolute Gasteiger partial charge is 0.489 e. The van der Waals surface area contributed by atoms with E-state index in [1.54, 1.807) is 0 Å². The van der Waals surface area contributed by atoms with Crippen LogP contribution in [0.3, 0.4) is 0 Å². The maximum Gasteiger partial charge on any atom is 0.191 e. The number of rotatable bonds is 10. The van der Waals surface area contributed by atoms with Crippen molar-refractivity contribution in [3.63, 3.8) is 0 Å². The summed E-state index contributed by atoms with van der Waals surface area (Å²) >= 11 is 0. The molecule has 30 heavy (non-hydrogen) atoms. The Morgan fingerprint density at radius 3 is 2.50 bits per heavy atom. The molecule has 6 nitrogen and oxygen atoms in total. The molecule has 6 heteroatoms. The van der Waals surface area contributed by atoms with Gasteiger partial charge in [0, 0.05) is 26.2 Å². The molecule has 0 saturated carbocycles. The first kappa shape index (κ1) is 22.1. The summed E-state index contributed by atoms with van der Waals surface area (Å²) in [5.41, 5.74) is 2.34. The molecule has 0 aromatic heterocycles. The van der Waals surface area contributed by atoms with Crippen molar-refractivity contribution in [3.05, 3.63) is 65.7 Å². The lowest BCUT2D eigenvalue weighted by Gasteiger charge is -2.26. The molecule has 0 aliphatic carbocycles. The molecule has 0 radical (unpaired) electrons. The van der Waals surface area contributed by atoms with Crippen molar-refractivity contribution < 1.29 is 9.47 Å². The maximum absolute atomic E-state index is 5.93. The summed E-state index contributed by atoms with van der Waals surface area (Å²) in [5.74, 6) is 1.74. The standard InChI is InChI=1S/C24H34N4O2/c1-2-25-24(26-13-8-14-28-15-17-29-18-16-28)27-19-21-9-6-7-10-22(21)20-30-23-11-4-3-5-12-23/h3-7,9-12H,2,8,13-20H2,1H3,(H2,25,26,27). The van der Waals surface area contributed by atoms with Crippen molar-refractivity contribution in [2.24, 2.45) is 4.99 Å². The molecule has 1 aliphatic heterocycles. The lowest BCUT2D eigenvalue weighted by Crippen LogP contribution is -2.40. The minimum Gasteiger partial charge on any atom is -0.489 e. The predicted octanol–water partition coefficient (Wildman–Crippen LogP) is 3.04. The van der Waals surface area contributed by atoms with Crippen molar-refractivity contribution >= 4 is 5.96 Å². The summed E-state index contributed by atoms with van der Waals surface area (Å²) < 4.78 is 11.3. The van der Waals surface area contributed by atoms with Crippen molar-refractivity contribution in [1.29, 1.82) is 0 Å². The molecule has 1 fully saturated rings. The number of ether oxygens (including phenoxy) is 2. The van der Waals surface area contributed by atoms with E-state index in [2.05, 4.69) is 40.7 Å². The van der Waals surface area contributed by atoms with Gasteiger partial charge in [0.15, 0.2) is 5.96 Å². The van der Waals surface area contributed by atoms with Gasteiger partial charge in [0.1, 0.15) is 12.4 Å². The van der Waals surface area contributed by atoms with E-state index in [0.29, 0.717) is 13.2 Å². The number of hydrogen-bond acceptors (Lipinski definition) is 4. The van der Waals surface area contributed by atoms with Crippen LogP contribution < -0.4 is 15.4 Å². The summed E-state index contributed by atoms with van der Waals surface area (Å²) in [5, 5.41) is 6.80. The second kappa shape index (κ2) is 12.9. The van der Waals surface area contributed by atoms with E-state index in [-0.39, 0.29) is 0 Å². The van der Waals surface area contributed by atoms with E-state index in [9.17, 15) is 0 Å². The number of nitrogens with zero attached hydrogens (tertiary/aromatic N) is 2. The smallest absolute Gasteiger partial charge is 0.191 e. The van der Waals surface area contributed by atoms with Crippen molar-refractivity contribution in [2.45, 2.75) is 26.5 Å². The molecule has 2 aromatic rings. The molecule has 0 amide bonds. The Bertz CT molecular complexity index is 761. The molecule has 0 spiro atoms. The second-order valence-electron chi connectivity index (χ2n) is 7.30. The molecule has 162 valence electrons. The van der Waals surface area contributed by atoms with Crippen molar-refractivity contribution in [3.8, 4) is 5.75 Å². The van der Waals surface area contributed by atoms with Gasteiger partial charge in [0.2, 0.25) is 0 Å². The van der Waals surface area contributed by atoms with Gasteiger partial charge in [-0.25, -0.2) is 4.99 Å². The minimum absolute atomic E-state index is 0.541. The molecule has 1 saturated heterocycles. The van der Waals surface area contributed by atoms with Gasteiger partial charge < -0.3 is 20.1 Å². The Kier molecular flexibility index (Phi) is 9.50. The molecule has 1 aliphatic rings. The second-order valence-corrected chi connectivity index (χ2v) is 7.30. The van der Waals surface area contributed by atoms with E-state index >= 15 is 0 Å². The topological polar surface area (TPSA) is 58.1 Å². The van der Waals surface area contributed by atoms with Crippen LogP contribution in [0.15, 0.2) is 59.6 Å². The van der Waals surface area contributed by atoms with E-state index in [0.717, 1.165) is 69.6 Å². The summed E-state index contributed by atoms with van der Waals surface area (Å²) in [6.07, 6.45) is 1.09. The summed E-state index contributed by atoms with van der Waals surface area (Å²) in [6, 6.07) is 18.2. The maximum atomic E-state index is 5.93. The Morgan fingerprint density at radius 1 is 1.00 bits per heavy atom. The van der Waals surface area contributed by atoms with E-state index in [4.69, 9.17) is 14.5 Å². The molecule has 2 aromatic carbocycles. The first-order chi connectivity index (χ1) is 14.8. The summed E-state index contributed by atoms with van der Waals surface area (Å²) in [6.45, 7) is 9.87. The number of guanidine groups is 1. The van der Waals surface area contributed by atoms with Crippen molar-refractivity contribution in [1.82, 2.24) is 15.5 Å². The third-order valence-electron chi connectivity index (χ3n) is 5.05. The fourth-order valence-corrected chi connectivity index (χ4v) is 3.37. The van der Waals surface area contributed by atoms with Gasteiger partial charge in [0.05, 0.1) is 19.8 Å². The average molecular weight is 411 g/mol. The third kappa shape index (κ3) is 7.69. The van der Waals surface area contributed by atoms with Crippen LogP contribution in [0.4, 0.5) is 0 Å². The van der Waals surface area contributed by atoms with Crippen molar-refractivity contribution in [2.75, 3.05) is 45.9 Å². The lowest BCUT2D eigenvalue weighted by atomic mass is 10.1. The average Bonchev–Trinajstić information content (AvgIpc) is 2.80. The third-order valence-corrected chi connectivity index (χ3v) is 5.05. The fraction of sp³-hybridized carbons (Fsp3) is 0.458. The number of benzene rings is 2. The van der Waals surface area contributed by atoms with Crippen LogP contribution >= 0.6 is 0 Å². The van der Waals surface area contributed by atoms with Crippen LogP contribution in [0.1, 0.15) is 24.5 Å². The van der Waals surface area contributed by atoms with E-state index in [1.807, 2.05) is 36.4 Å².